The standard InChI is InChI=1S/C12H16F3NO/c1-2-17-11-6-4-3-5-9(11)10(16)7-8-12(13,14)15/h3-6,10H,2,7-8,16H2,1H3/t10-/m1/s1. The molecule has 0 amide bonds. The zero-order valence-electron chi connectivity index (χ0n) is 9.63. The van der Waals surface area contributed by atoms with E-state index in [0.29, 0.717) is 17.9 Å². The number of halogens is 3. The Bertz CT molecular complexity index is 352. The van der Waals surface area contributed by atoms with Crippen LogP contribution in [0.3, 0.4) is 0 Å². The molecule has 0 aliphatic carbocycles. The van der Waals surface area contributed by atoms with Gasteiger partial charge in [0.05, 0.1) is 6.61 Å². The van der Waals surface area contributed by atoms with E-state index in [1.807, 2.05) is 6.92 Å². The van der Waals surface area contributed by atoms with Gasteiger partial charge in [0.15, 0.2) is 0 Å². The molecule has 96 valence electrons. The topological polar surface area (TPSA) is 35.2 Å². The molecular weight excluding hydrogens is 231 g/mol. The van der Waals surface area contributed by atoms with E-state index in [1.165, 1.54) is 0 Å². The van der Waals surface area contributed by atoms with Crippen molar-refractivity contribution in [2.24, 2.45) is 5.73 Å². The Hall–Kier alpha value is -1.23. The molecule has 0 saturated carbocycles. The number of rotatable bonds is 5. The van der Waals surface area contributed by atoms with E-state index >= 15 is 0 Å². The van der Waals surface area contributed by atoms with Crippen LogP contribution in [0.15, 0.2) is 24.3 Å². The highest BCUT2D eigenvalue weighted by molar-refractivity contribution is 5.35. The Balaban J connectivity index is 2.70. The smallest absolute Gasteiger partial charge is 0.389 e. The van der Waals surface area contributed by atoms with Crippen molar-refractivity contribution in [3.8, 4) is 5.75 Å². The van der Waals surface area contributed by atoms with E-state index in [2.05, 4.69) is 0 Å². The SMILES string of the molecule is CCOc1ccccc1[C@H](N)CCC(F)(F)F. The van der Waals surface area contributed by atoms with Gasteiger partial charge in [0.25, 0.3) is 0 Å². The molecule has 1 rings (SSSR count). The van der Waals surface area contributed by atoms with E-state index in [9.17, 15) is 13.2 Å². The molecule has 0 saturated heterocycles. The van der Waals surface area contributed by atoms with Gasteiger partial charge in [-0.15, -0.1) is 0 Å². The average Bonchev–Trinajstić information content (AvgIpc) is 2.26. The van der Waals surface area contributed by atoms with E-state index < -0.39 is 18.6 Å². The van der Waals surface area contributed by atoms with Crippen molar-refractivity contribution in [2.45, 2.75) is 32.0 Å². The normalized spacial score (nSPS) is 13.5. The van der Waals surface area contributed by atoms with Crippen LogP contribution in [0.25, 0.3) is 0 Å². The van der Waals surface area contributed by atoms with Gasteiger partial charge >= 0.3 is 6.18 Å². The van der Waals surface area contributed by atoms with Crippen LogP contribution in [0.5, 0.6) is 5.75 Å². The molecule has 1 aromatic carbocycles. The van der Waals surface area contributed by atoms with Crippen molar-refractivity contribution in [1.29, 1.82) is 0 Å². The predicted octanol–water partition coefficient (Wildman–Crippen LogP) is 3.43. The van der Waals surface area contributed by atoms with Crippen LogP contribution >= 0.6 is 0 Å². The molecule has 0 radical (unpaired) electrons. The molecule has 0 heterocycles. The summed E-state index contributed by atoms with van der Waals surface area (Å²) in [5.41, 5.74) is 6.38. The van der Waals surface area contributed by atoms with Crippen LogP contribution in [-0.2, 0) is 0 Å². The molecule has 2 N–H and O–H groups in total. The monoisotopic (exact) mass is 247 g/mol. The van der Waals surface area contributed by atoms with Gasteiger partial charge < -0.3 is 10.5 Å². The van der Waals surface area contributed by atoms with Crippen molar-refractivity contribution in [1.82, 2.24) is 0 Å². The van der Waals surface area contributed by atoms with Crippen molar-refractivity contribution in [2.75, 3.05) is 6.61 Å². The molecule has 2 nitrogen and oxygen atoms in total. The minimum Gasteiger partial charge on any atom is -0.494 e. The summed E-state index contributed by atoms with van der Waals surface area (Å²) in [5, 5.41) is 0. The molecule has 0 unspecified atom stereocenters. The summed E-state index contributed by atoms with van der Waals surface area (Å²) in [5.74, 6) is 0.560. The zero-order valence-corrected chi connectivity index (χ0v) is 9.63. The number of hydrogen-bond acceptors (Lipinski definition) is 2. The fourth-order valence-electron chi connectivity index (χ4n) is 1.55. The quantitative estimate of drug-likeness (QED) is 0.865. The molecule has 1 atom stereocenters. The second-order valence-corrected chi connectivity index (χ2v) is 3.73. The van der Waals surface area contributed by atoms with Crippen molar-refractivity contribution >= 4 is 0 Å². The lowest BCUT2D eigenvalue weighted by molar-refractivity contribution is -0.136. The van der Waals surface area contributed by atoms with Crippen molar-refractivity contribution < 1.29 is 17.9 Å². The van der Waals surface area contributed by atoms with Crippen LogP contribution in [0.1, 0.15) is 31.4 Å². The zero-order chi connectivity index (χ0) is 12.9. The molecule has 0 aromatic heterocycles. The highest BCUT2D eigenvalue weighted by atomic mass is 19.4. The van der Waals surface area contributed by atoms with Crippen LogP contribution < -0.4 is 10.5 Å². The van der Waals surface area contributed by atoms with Gasteiger partial charge in [-0.3, -0.25) is 0 Å². The second kappa shape index (κ2) is 5.91. The number of benzene rings is 1. The molecule has 17 heavy (non-hydrogen) atoms. The van der Waals surface area contributed by atoms with E-state index in [-0.39, 0.29) is 6.42 Å². The number of para-hydroxylation sites is 1. The Morgan fingerprint density at radius 3 is 2.53 bits per heavy atom. The Kier molecular flexibility index (Phi) is 4.81. The van der Waals surface area contributed by atoms with Crippen LogP contribution in [0.2, 0.25) is 0 Å². The first-order valence-corrected chi connectivity index (χ1v) is 5.48. The third-order valence-electron chi connectivity index (χ3n) is 2.36. The van der Waals surface area contributed by atoms with Gasteiger partial charge in [-0.25, -0.2) is 0 Å². The van der Waals surface area contributed by atoms with Crippen LogP contribution in [0.4, 0.5) is 13.2 Å². The van der Waals surface area contributed by atoms with E-state index in [4.69, 9.17) is 10.5 Å². The molecule has 0 spiro atoms. The summed E-state index contributed by atoms with van der Waals surface area (Å²) >= 11 is 0. The number of ether oxygens (including phenoxy) is 1. The van der Waals surface area contributed by atoms with Gasteiger partial charge in [0.1, 0.15) is 5.75 Å². The summed E-state index contributed by atoms with van der Waals surface area (Å²) in [6.45, 7) is 2.28. The molecule has 1 aromatic rings. The predicted molar refractivity (Wildman–Crippen MR) is 59.8 cm³/mol. The summed E-state index contributed by atoms with van der Waals surface area (Å²) < 4.78 is 41.6. The lowest BCUT2D eigenvalue weighted by Gasteiger charge is -2.17. The van der Waals surface area contributed by atoms with Gasteiger partial charge in [-0.2, -0.15) is 13.2 Å². The first-order chi connectivity index (χ1) is 7.94. The maximum Gasteiger partial charge on any atom is 0.389 e. The molecule has 0 aliphatic rings. The first-order valence-electron chi connectivity index (χ1n) is 5.48. The largest absolute Gasteiger partial charge is 0.494 e. The number of alkyl halides is 3. The first kappa shape index (κ1) is 13.8. The average molecular weight is 247 g/mol. The second-order valence-electron chi connectivity index (χ2n) is 3.73. The summed E-state index contributed by atoms with van der Waals surface area (Å²) in [7, 11) is 0. The molecular formula is C12H16F3NO. The highest BCUT2D eigenvalue weighted by Crippen LogP contribution is 2.30. The van der Waals surface area contributed by atoms with Crippen molar-refractivity contribution in [3.63, 3.8) is 0 Å². The summed E-state index contributed by atoms with van der Waals surface area (Å²) in [4.78, 5) is 0. The van der Waals surface area contributed by atoms with Gasteiger partial charge in [-0.05, 0) is 19.4 Å². The molecule has 0 bridgehead atoms. The van der Waals surface area contributed by atoms with Crippen LogP contribution in [-0.4, -0.2) is 12.8 Å². The van der Waals surface area contributed by atoms with Gasteiger partial charge in [0.2, 0.25) is 0 Å². The maximum atomic E-state index is 12.1. The van der Waals surface area contributed by atoms with E-state index in [1.54, 1.807) is 24.3 Å². The highest BCUT2D eigenvalue weighted by Gasteiger charge is 2.28. The molecule has 5 heteroatoms. The lowest BCUT2D eigenvalue weighted by atomic mass is 10.0. The summed E-state index contributed by atoms with van der Waals surface area (Å²) in [6.07, 6.45) is -5.18. The fraction of sp³-hybridized carbons (Fsp3) is 0.500. The Labute approximate surface area is 98.6 Å². The maximum absolute atomic E-state index is 12.1. The number of nitrogens with two attached hydrogens (primary N) is 1. The number of hydrogen-bond donors (Lipinski definition) is 1. The minimum atomic E-state index is -4.17. The fourth-order valence-corrected chi connectivity index (χ4v) is 1.55. The Morgan fingerprint density at radius 2 is 1.94 bits per heavy atom. The third kappa shape index (κ3) is 4.65. The molecule has 0 aliphatic heterocycles. The van der Waals surface area contributed by atoms with Gasteiger partial charge in [0, 0.05) is 18.0 Å². The molecule has 0 fully saturated rings. The lowest BCUT2D eigenvalue weighted by Crippen LogP contribution is -2.16. The summed E-state index contributed by atoms with van der Waals surface area (Å²) in [6, 6.07) is 6.27. The minimum absolute atomic E-state index is 0.131. The van der Waals surface area contributed by atoms with Gasteiger partial charge in [-0.1, -0.05) is 18.2 Å². The Morgan fingerprint density at radius 1 is 1.29 bits per heavy atom. The third-order valence-corrected chi connectivity index (χ3v) is 2.36. The van der Waals surface area contributed by atoms with Crippen LogP contribution in [0, 0.1) is 0 Å². The van der Waals surface area contributed by atoms with E-state index in [0.717, 1.165) is 0 Å². The van der Waals surface area contributed by atoms with Crippen molar-refractivity contribution in [3.05, 3.63) is 29.8 Å².